The Labute approximate surface area is 150 Å². The fraction of sp³-hybridized carbons (Fsp3) is 0.200. The molecule has 2 fully saturated rings. The van der Waals surface area contributed by atoms with Gasteiger partial charge in [-0.1, -0.05) is 24.3 Å². The molecule has 0 bridgehead atoms. The summed E-state index contributed by atoms with van der Waals surface area (Å²) in [6, 6.07) is 2.36. The molecule has 0 aliphatic carbocycles. The van der Waals surface area contributed by atoms with E-state index in [0.29, 0.717) is 5.56 Å². The standard InChI is InChI=1S/C15H12N6O6/c1-6-4-2-3-5-7(6)15(11(24)18-14(27)19-12(15)25)21-20-8-9(22)16-13(26)17-10(8)23/h2-5,8H,1H3,(H2,16,17,22,23,26)(H2,18,19,24,25,27). The summed E-state index contributed by atoms with van der Waals surface area (Å²) in [5.74, 6) is -4.33. The predicted molar refractivity (Wildman–Crippen MR) is 84.9 cm³/mol. The average molecular weight is 372 g/mol. The fourth-order valence-electron chi connectivity index (χ4n) is 2.65. The number of carbonyl (C=O) groups is 6. The van der Waals surface area contributed by atoms with Crippen molar-refractivity contribution in [2.45, 2.75) is 18.5 Å². The summed E-state index contributed by atoms with van der Waals surface area (Å²) in [5, 5.41) is 14.7. The van der Waals surface area contributed by atoms with E-state index in [0.717, 1.165) is 0 Å². The molecule has 3 rings (SSSR count). The molecule has 4 N–H and O–H groups in total. The van der Waals surface area contributed by atoms with E-state index in [-0.39, 0.29) is 5.56 Å². The van der Waals surface area contributed by atoms with Crippen molar-refractivity contribution >= 4 is 35.7 Å². The molecule has 0 unspecified atom stereocenters. The molecule has 2 heterocycles. The van der Waals surface area contributed by atoms with Crippen LogP contribution in [0.15, 0.2) is 34.5 Å². The predicted octanol–water partition coefficient (Wildman–Crippen LogP) is -1.26. The number of rotatable bonds is 3. The number of amides is 8. The number of benzene rings is 1. The maximum absolute atomic E-state index is 12.6. The van der Waals surface area contributed by atoms with E-state index < -0.39 is 47.3 Å². The second kappa shape index (κ2) is 6.40. The van der Waals surface area contributed by atoms with Gasteiger partial charge in [-0.3, -0.25) is 40.4 Å². The monoisotopic (exact) mass is 372 g/mol. The lowest BCUT2D eigenvalue weighted by Crippen LogP contribution is -2.64. The fourth-order valence-corrected chi connectivity index (χ4v) is 2.65. The van der Waals surface area contributed by atoms with Gasteiger partial charge in [-0.15, -0.1) is 0 Å². The van der Waals surface area contributed by atoms with Gasteiger partial charge < -0.3 is 0 Å². The lowest BCUT2D eigenvalue weighted by atomic mass is 9.84. The first-order valence-electron chi connectivity index (χ1n) is 7.56. The topological polar surface area (TPSA) is 175 Å². The largest absolute Gasteiger partial charge is 0.328 e. The summed E-state index contributed by atoms with van der Waals surface area (Å²) >= 11 is 0. The van der Waals surface area contributed by atoms with Crippen LogP contribution >= 0.6 is 0 Å². The van der Waals surface area contributed by atoms with Crippen LogP contribution in [0.4, 0.5) is 9.59 Å². The van der Waals surface area contributed by atoms with E-state index in [1.807, 2.05) is 21.3 Å². The molecule has 12 nitrogen and oxygen atoms in total. The molecule has 0 aromatic heterocycles. The molecular weight excluding hydrogens is 360 g/mol. The van der Waals surface area contributed by atoms with Crippen LogP contribution in [0, 0.1) is 6.92 Å². The number of aryl methyl sites for hydroxylation is 1. The molecule has 1 aromatic carbocycles. The second-order valence-electron chi connectivity index (χ2n) is 5.69. The highest BCUT2D eigenvalue weighted by Crippen LogP contribution is 2.32. The maximum Gasteiger partial charge on any atom is 0.328 e. The highest BCUT2D eigenvalue weighted by atomic mass is 16.2. The summed E-state index contributed by atoms with van der Waals surface area (Å²) in [4.78, 5) is 71.3. The minimum atomic E-state index is -2.33. The summed E-state index contributed by atoms with van der Waals surface area (Å²) < 4.78 is 0. The van der Waals surface area contributed by atoms with Crippen LogP contribution in [0.1, 0.15) is 11.1 Å². The van der Waals surface area contributed by atoms with Gasteiger partial charge in [0.2, 0.25) is 6.04 Å². The van der Waals surface area contributed by atoms with E-state index in [4.69, 9.17) is 0 Å². The van der Waals surface area contributed by atoms with Crippen molar-refractivity contribution in [2.75, 3.05) is 0 Å². The minimum Gasteiger partial charge on any atom is -0.275 e. The Kier molecular flexibility index (Phi) is 4.23. The van der Waals surface area contributed by atoms with Crippen molar-refractivity contribution in [1.29, 1.82) is 0 Å². The average Bonchev–Trinajstić information content (AvgIpc) is 2.57. The van der Waals surface area contributed by atoms with Crippen LogP contribution in [0.5, 0.6) is 0 Å². The van der Waals surface area contributed by atoms with Gasteiger partial charge in [-0.2, -0.15) is 10.2 Å². The van der Waals surface area contributed by atoms with Crippen molar-refractivity contribution < 1.29 is 28.8 Å². The Bertz CT molecular complexity index is 898. The minimum absolute atomic E-state index is 0.101. The number of hydrogen-bond acceptors (Lipinski definition) is 8. The number of barbiturate groups is 2. The zero-order valence-corrected chi connectivity index (χ0v) is 13.7. The summed E-state index contributed by atoms with van der Waals surface area (Å²) in [6.07, 6.45) is 0. The van der Waals surface area contributed by atoms with Gasteiger partial charge in [0, 0.05) is 5.56 Å². The van der Waals surface area contributed by atoms with Crippen LogP contribution < -0.4 is 21.3 Å². The van der Waals surface area contributed by atoms with E-state index in [9.17, 15) is 28.8 Å². The molecule has 0 spiro atoms. The SMILES string of the molecule is Cc1ccccc1C1(N=NC2C(=O)NC(=O)NC2=O)C(=O)NC(=O)NC1=O. The van der Waals surface area contributed by atoms with Crippen molar-refractivity contribution in [2.24, 2.45) is 10.2 Å². The first-order valence-corrected chi connectivity index (χ1v) is 7.56. The third-order valence-corrected chi connectivity index (χ3v) is 3.94. The number of azo groups is 1. The molecule has 2 aliphatic rings. The molecule has 0 saturated carbocycles. The third-order valence-electron chi connectivity index (χ3n) is 3.94. The smallest absolute Gasteiger partial charge is 0.275 e. The van der Waals surface area contributed by atoms with Gasteiger partial charge in [0.1, 0.15) is 0 Å². The van der Waals surface area contributed by atoms with Crippen LogP contribution in [0.3, 0.4) is 0 Å². The van der Waals surface area contributed by atoms with E-state index in [2.05, 4.69) is 10.2 Å². The molecule has 0 radical (unpaired) electrons. The molecule has 27 heavy (non-hydrogen) atoms. The number of carbonyl (C=O) groups excluding carboxylic acids is 6. The third kappa shape index (κ3) is 2.92. The van der Waals surface area contributed by atoms with Crippen LogP contribution in [0.25, 0.3) is 0 Å². The number of nitrogens with zero attached hydrogens (tertiary/aromatic N) is 2. The van der Waals surface area contributed by atoms with Gasteiger partial charge >= 0.3 is 12.1 Å². The molecule has 8 amide bonds. The lowest BCUT2D eigenvalue weighted by Gasteiger charge is -2.31. The maximum atomic E-state index is 12.6. The van der Waals surface area contributed by atoms with Crippen molar-refractivity contribution in [3.05, 3.63) is 35.4 Å². The van der Waals surface area contributed by atoms with Crippen LogP contribution in [-0.2, 0) is 24.7 Å². The number of urea groups is 2. The molecule has 138 valence electrons. The normalized spacial score (nSPS) is 20.2. The lowest BCUT2D eigenvalue weighted by molar-refractivity contribution is -0.139. The highest BCUT2D eigenvalue weighted by molar-refractivity contribution is 6.23. The molecule has 2 saturated heterocycles. The molecule has 0 atom stereocenters. The molecular formula is C15H12N6O6. The van der Waals surface area contributed by atoms with Crippen LogP contribution in [0.2, 0.25) is 0 Å². The van der Waals surface area contributed by atoms with Gasteiger partial charge in [-0.25, -0.2) is 9.59 Å². The number of imide groups is 4. The van der Waals surface area contributed by atoms with Crippen molar-refractivity contribution in [3.63, 3.8) is 0 Å². The zero-order valence-electron chi connectivity index (χ0n) is 13.7. The van der Waals surface area contributed by atoms with E-state index in [1.54, 1.807) is 19.1 Å². The van der Waals surface area contributed by atoms with Crippen LogP contribution in [-0.4, -0.2) is 41.7 Å². The summed E-state index contributed by atoms with van der Waals surface area (Å²) in [7, 11) is 0. The van der Waals surface area contributed by atoms with Gasteiger partial charge in [0.25, 0.3) is 29.2 Å². The Hall–Kier alpha value is -3.96. The zero-order chi connectivity index (χ0) is 19.8. The van der Waals surface area contributed by atoms with Gasteiger partial charge in [-0.05, 0) is 12.5 Å². The molecule has 1 aromatic rings. The quantitative estimate of drug-likeness (QED) is 0.380. The first-order chi connectivity index (χ1) is 12.8. The molecule has 2 aliphatic heterocycles. The van der Waals surface area contributed by atoms with Crippen molar-refractivity contribution in [3.8, 4) is 0 Å². The highest BCUT2D eigenvalue weighted by Gasteiger charge is 2.54. The first kappa shape index (κ1) is 17.8. The number of hydrogen-bond donors (Lipinski definition) is 4. The Morgan fingerprint density at radius 2 is 1.33 bits per heavy atom. The Balaban J connectivity index is 2.10. The Morgan fingerprint density at radius 1 is 0.815 bits per heavy atom. The second-order valence-corrected chi connectivity index (χ2v) is 5.69. The number of nitrogens with one attached hydrogen (secondary N) is 4. The van der Waals surface area contributed by atoms with E-state index >= 15 is 0 Å². The van der Waals surface area contributed by atoms with Gasteiger partial charge in [0.15, 0.2) is 0 Å². The van der Waals surface area contributed by atoms with Gasteiger partial charge in [0.05, 0.1) is 0 Å². The van der Waals surface area contributed by atoms with Crippen molar-refractivity contribution in [1.82, 2.24) is 21.3 Å². The van der Waals surface area contributed by atoms with E-state index in [1.165, 1.54) is 12.1 Å². The molecule has 12 heteroatoms. The summed E-state index contributed by atoms with van der Waals surface area (Å²) in [5.41, 5.74) is -1.76. The Morgan fingerprint density at radius 3 is 1.89 bits per heavy atom. The summed E-state index contributed by atoms with van der Waals surface area (Å²) in [6.45, 7) is 1.60.